The third kappa shape index (κ3) is 2.31. The Morgan fingerprint density at radius 1 is 1.62 bits per heavy atom. The topological polar surface area (TPSA) is 37.4 Å². The number of nitrogens with zero attached hydrogens (tertiary/aromatic N) is 2. The number of ether oxygens (including phenoxy) is 1. The van der Waals surface area contributed by atoms with Gasteiger partial charge >= 0.3 is 5.69 Å². The largest absolute Gasteiger partial charge is 0.489 e. The van der Waals surface area contributed by atoms with E-state index in [1.165, 1.54) is 0 Å². The van der Waals surface area contributed by atoms with Gasteiger partial charge in [-0.1, -0.05) is 12.7 Å². The van der Waals surface area contributed by atoms with Crippen molar-refractivity contribution < 1.29 is 4.74 Å². The van der Waals surface area contributed by atoms with Crippen molar-refractivity contribution in [2.24, 2.45) is 0 Å². The molecule has 1 aromatic carbocycles. The Hall–Kier alpha value is -1.82. The lowest BCUT2D eigenvalue weighted by molar-refractivity contribution is 0.361. The molecule has 1 rings (SSSR count). The Kier molecular flexibility index (Phi) is 3.04. The van der Waals surface area contributed by atoms with Crippen molar-refractivity contribution in [1.29, 1.82) is 5.39 Å². The van der Waals surface area contributed by atoms with Gasteiger partial charge in [-0.25, -0.2) is 0 Å². The standard InChI is InChI=1S/C10H11N2O/c1-3-6-13-10-5-4-9(12-11)7-8(10)2/h3-5,7H,1,6H2,2H3/q+1. The Bertz CT molecular complexity index is 352. The number of hydrogen-bond donors (Lipinski definition) is 0. The second kappa shape index (κ2) is 4.27. The van der Waals surface area contributed by atoms with Crippen LogP contribution in [0.3, 0.4) is 0 Å². The number of aryl methyl sites for hydroxylation is 1. The first-order chi connectivity index (χ1) is 6.27. The molecule has 0 aliphatic carbocycles. The molecule has 0 unspecified atom stereocenters. The molecule has 0 heterocycles. The van der Waals surface area contributed by atoms with E-state index >= 15 is 0 Å². The predicted molar refractivity (Wildman–Crippen MR) is 51.6 cm³/mol. The number of benzene rings is 1. The van der Waals surface area contributed by atoms with Gasteiger partial charge in [0.2, 0.25) is 5.39 Å². The van der Waals surface area contributed by atoms with Crippen LogP contribution >= 0.6 is 0 Å². The van der Waals surface area contributed by atoms with E-state index in [2.05, 4.69) is 11.6 Å². The first kappa shape index (κ1) is 9.27. The summed E-state index contributed by atoms with van der Waals surface area (Å²) in [6.45, 7) is 5.93. The zero-order valence-corrected chi connectivity index (χ0v) is 7.53. The average molecular weight is 175 g/mol. The van der Waals surface area contributed by atoms with Crippen molar-refractivity contribution in [2.45, 2.75) is 6.92 Å². The maximum atomic E-state index is 8.50. The molecule has 0 aliphatic rings. The Labute approximate surface area is 77.3 Å². The molecule has 0 aliphatic heterocycles. The first-order valence-electron chi connectivity index (χ1n) is 3.97. The molecule has 0 aromatic heterocycles. The highest BCUT2D eigenvalue weighted by molar-refractivity contribution is 5.50. The molecule has 3 heteroatoms. The molecule has 0 amide bonds. The lowest BCUT2D eigenvalue weighted by Gasteiger charge is -2.04. The van der Waals surface area contributed by atoms with E-state index in [0.717, 1.165) is 11.3 Å². The first-order valence-corrected chi connectivity index (χ1v) is 3.97. The zero-order valence-electron chi connectivity index (χ0n) is 7.53. The van der Waals surface area contributed by atoms with Crippen molar-refractivity contribution in [2.75, 3.05) is 6.61 Å². The van der Waals surface area contributed by atoms with Crippen LogP contribution in [0, 0.1) is 12.3 Å². The lowest BCUT2D eigenvalue weighted by Crippen LogP contribution is -1.94. The van der Waals surface area contributed by atoms with Crippen LogP contribution in [-0.4, -0.2) is 6.61 Å². The van der Waals surface area contributed by atoms with Gasteiger partial charge in [0.1, 0.15) is 12.4 Å². The lowest BCUT2D eigenvalue weighted by atomic mass is 10.2. The molecule has 3 nitrogen and oxygen atoms in total. The van der Waals surface area contributed by atoms with E-state index in [-0.39, 0.29) is 0 Å². The van der Waals surface area contributed by atoms with Gasteiger partial charge in [0.25, 0.3) is 0 Å². The van der Waals surface area contributed by atoms with Crippen molar-refractivity contribution in [3.63, 3.8) is 0 Å². The monoisotopic (exact) mass is 175 g/mol. The summed E-state index contributed by atoms with van der Waals surface area (Å²) in [4.78, 5) is 3.08. The molecule has 0 saturated heterocycles. The quantitative estimate of drug-likeness (QED) is 0.523. The molecular weight excluding hydrogens is 164 g/mol. The summed E-state index contributed by atoms with van der Waals surface area (Å²) in [6.07, 6.45) is 1.68. The highest BCUT2D eigenvalue weighted by Gasteiger charge is 2.07. The maximum Gasteiger partial charge on any atom is 0.385 e. The van der Waals surface area contributed by atoms with E-state index in [1.807, 2.05) is 6.92 Å². The normalized spacial score (nSPS) is 8.92. The van der Waals surface area contributed by atoms with Crippen molar-refractivity contribution >= 4 is 5.69 Å². The fourth-order valence-electron chi connectivity index (χ4n) is 1.01. The van der Waals surface area contributed by atoms with Gasteiger partial charge in [-0.3, -0.25) is 0 Å². The summed E-state index contributed by atoms with van der Waals surface area (Å²) >= 11 is 0. The van der Waals surface area contributed by atoms with Crippen LogP contribution in [0.1, 0.15) is 5.56 Å². The zero-order chi connectivity index (χ0) is 9.68. The molecule has 0 fully saturated rings. The van der Waals surface area contributed by atoms with Crippen LogP contribution in [0.4, 0.5) is 5.69 Å². The molecule has 0 saturated carbocycles. The minimum Gasteiger partial charge on any atom is -0.489 e. The molecule has 0 bridgehead atoms. The van der Waals surface area contributed by atoms with Gasteiger partial charge in [-0.2, -0.15) is 0 Å². The number of hydrogen-bond acceptors (Lipinski definition) is 2. The summed E-state index contributed by atoms with van der Waals surface area (Å²) < 4.78 is 5.34. The fraction of sp³-hybridized carbons (Fsp3) is 0.200. The Balaban J connectivity index is 2.86. The Morgan fingerprint density at radius 2 is 2.38 bits per heavy atom. The predicted octanol–water partition coefficient (Wildman–Crippen LogP) is 3.04. The number of diazo groups is 1. The summed E-state index contributed by atoms with van der Waals surface area (Å²) in [5, 5.41) is 8.50. The van der Waals surface area contributed by atoms with E-state index in [1.54, 1.807) is 24.3 Å². The molecule has 0 atom stereocenters. The molecule has 1 aromatic rings. The smallest absolute Gasteiger partial charge is 0.385 e. The minimum absolute atomic E-state index is 0.483. The third-order valence-electron chi connectivity index (χ3n) is 1.63. The van der Waals surface area contributed by atoms with E-state index in [9.17, 15) is 0 Å². The van der Waals surface area contributed by atoms with Gasteiger partial charge in [0, 0.05) is 12.1 Å². The molecule has 0 spiro atoms. The summed E-state index contributed by atoms with van der Waals surface area (Å²) in [5.41, 5.74) is 1.47. The van der Waals surface area contributed by atoms with Crippen LogP contribution in [0.15, 0.2) is 30.9 Å². The fourth-order valence-corrected chi connectivity index (χ4v) is 1.01. The molecular formula is C10H11N2O+. The summed E-state index contributed by atoms with van der Waals surface area (Å²) in [7, 11) is 0. The Morgan fingerprint density at radius 3 is 2.92 bits per heavy atom. The molecule has 66 valence electrons. The van der Waals surface area contributed by atoms with E-state index in [4.69, 9.17) is 10.1 Å². The molecule has 13 heavy (non-hydrogen) atoms. The van der Waals surface area contributed by atoms with Gasteiger partial charge in [0.05, 0.1) is 0 Å². The molecule has 0 N–H and O–H groups in total. The van der Waals surface area contributed by atoms with Crippen molar-refractivity contribution in [1.82, 2.24) is 0 Å². The second-order valence-corrected chi connectivity index (χ2v) is 2.65. The van der Waals surface area contributed by atoms with E-state index in [0.29, 0.717) is 12.3 Å². The molecule has 0 radical (unpaired) electrons. The minimum atomic E-state index is 0.483. The van der Waals surface area contributed by atoms with Crippen molar-refractivity contribution in [3.8, 4) is 5.75 Å². The SMILES string of the molecule is C=CCOc1ccc([N+]#N)cc1C. The summed E-state index contributed by atoms with van der Waals surface area (Å²) in [6, 6.07) is 5.21. The van der Waals surface area contributed by atoms with Crippen LogP contribution in [0.25, 0.3) is 4.98 Å². The van der Waals surface area contributed by atoms with Crippen LogP contribution < -0.4 is 4.74 Å². The highest BCUT2D eigenvalue weighted by Crippen LogP contribution is 2.23. The van der Waals surface area contributed by atoms with Gasteiger partial charge in [-0.05, 0) is 18.6 Å². The van der Waals surface area contributed by atoms with E-state index < -0.39 is 0 Å². The summed E-state index contributed by atoms with van der Waals surface area (Å²) in [5.74, 6) is 0.785. The third-order valence-corrected chi connectivity index (χ3v) is 1.63. The maximum absolute atomic E-state index is 8.50. The number of rotatable bonds is 3. The van der Waals surface area contributed by atoms with Crippen LogP contribution in [0.5, 0.6) is 5.75 Å². The van der Waals surface area contributed by atoms with Gasteiger partial charge in [0.15, 0.2) is 4.98 Å². The second-order valence-electron chi connectivity index (χ2n) is 2.65. The van der Waals surface area contributed by atoms with Gasteiger partial charge < -0.3 is 4.74 Å². The average Bonchev–Trinajstić information content (AvgIpc) is 2.16. The highest BCUT2D eigenvalue weighted by atomic mass is 16.5. The van der Waals surface area contributed by atoms with Gasteiger partial charge in [-0.15, -0.1) is 0 Å². The van der Waals surface area contributed by atoms with Crippen molar-refractivity contribution in [3.05, 3.63) is 41.4 Å². The van der Waals surface area contributed by atoms with Crippen LogP contribution in [-0.2, 0) is 0 Å². The van der Waals surface area contributed by atoms with Crippen LogP contribution in [0.2, 0.25) is 0 Å².